The molecule has 0 radical (unpaired) electrons. The van der Waals surface area contributed by atoms with Gasteiger partial charge in [0.05, 0.1) is 18.7 Å². The molecule has 0 heterocycles. The zero-order valence-corrected chi connectivity index (χ0v) is 12.7. The molecule has 122 valence electrons. The van der Waals surface area contributed by atoms with Crippen LogP contribution in [0.5, 0.6) is 0 Å². The Bertz CT molecular complexity index is 524. The molecule has 0 saturated heterocycles. The van der Waals surface area contributed by atoms with Gasteiger partial charge in [-0.2, -0.15) is 0 Å². The quantitative estimate of drug-likeness (QED) is 0.787. The van der Waals surface area contributed by atoms with E-state index in [1.54, 1.807) is 6.92 Å². The van der Waals surface area contributed by atoms with Gasteiger partial charge in [-0.3, -0.25) is 4.79 Å². The van der Waals surface area contributed by atoms with Crippen molar-refractivity contribution in [2.24, 2.45) is 0 Å². The lowest BCUT2D eigenvalue weighted by Gasteiger charge is -2.22. The minimum atomic E-state index is -0.852. The Morgan fingerprint density at radius 3 is 2.55 bits per heavy atom. The van der Waals surface area contributed by atoms with E-state index in [2.05, 4.69) is 5.32 Å². The Kier molecular flexibility index (Phi) is 7.28. The first-order valence-corrected chi connectivity index (χ1v) is 7.14. The Labute approximate surface area is 128 Å². The minimum Gasteiger partial charge on any atom is -0.466 e. The first kappa shape index (κ1) is 17.9. The fourth-order valence-corrected chi connectivity index (χ4v) is 1.83. The van der Waals surface area contributed by atoms with Gasteiger partial charge in [0.15, 0.2) is 0 Å². The topological polar surface area (TPSA) is 58.6 Å². The van der Waals surface area contributed by atoms with Gasteiger partial charge in [-0.1, -0.05) is 6.92 Å². The predicted octanol–water partition coefficient (Wildman–Crippen LogP) is 3.16. The largest absolute Gasteiger partial charge is 0.466 e. The average molecular weight is 314 g/mol. The van der Waals surface area contributed by atoms with Crippen molar-refractivity contribution in [2.45, 2.75) is 26.7 Å². The molecular weight excluding hydrogens is 294 g/mol. The van der Waals surface area contributed by atoms with Crippen LogP contribution >= 0.6 is 0 Å². The molecule has 0 aliphatic heterocycles. The Balaban J connectivity index is 2.66. The minimum absolute atomic E-state index is 0.0627. The highest BCUT2D eigenvalue weighted by atomic mass is 19.1. The number of benzene rings is 1. The summed E-state index contributed by atoms with van der Waals surface area (Å²) in [7, 11) is 0. The SMILES string of the molecule is CCCN(CCC(=O)OCC)C(=O)Nc1ccc(F)cc1F. The Hall–Kier alpha value is -2.18. The maximum absolute atomic E-state index is 13.5. The van der Waals surface area contributed by atoms with Gasteiger partial charge in [0.2, 0.25) is 0 Å². The van der Waals surface area contributed by atoms with Crippen LogP contribution in [0.2, 0.25) is 0 Å². The molecule has 22 heavy (non-hydrogen) atoms. The lowest BCUT2D eigenvalue weighted by Crippen LogP contribution is -2.37. The molecule has 5 nitrogen and oxygen atoms in total. The highest BCUT2D eigenvalue weighted by Crippen LogP contribution is 2.15. The van der Waals surface area contributed by atoms with Crippen LogP contribution < -0.4 is 5.32 Å². The number of ether oxygens (including phenoxy) is 1. The molecule has 1 N–H and O–H groups in total. The van der Waals surface area contributed by atoms with Crippen LogP contribution in [0, 0.1) is 11.6 Å². The summed E-state index contributed by atoms with van der Waals surface area (Å²) in [6.45, 7) is 4.43. The lowest BCUT2D eigenvalue weighted by atomic mass is 10.3. The average Bonchev–Trinajstić information content (AvgIpc) is 2.46. The third-order valence-corrected chi connectivity index (χ3v) is 2.84. The number of hydrogen-bond acceptors (Lipinski definition) is 3. The van der Waals surface area contributed by atoms with Crippen LogP contribution in [0.4, 0.5) is 19.3 Å². The molecule has 0 bridgehead atoms. The van der Waals surface area contributed by atoms with Gasteiger partial charge < -0.3 is 15.0 Å². The zero-order valence-electron chi connectivity index (χ0n) is 12.7. The first-order chi connectivity index (χ1) is 10.5. The van der Waals surface area contributed by atoms with E-state index >= 15 is 0 Å². The highest BCUT2D eigenvalue weighted by molar-refractivity contribution is 5.89. The maximum atomic E-state index is 13.5. The van der Waals surface area contributed by atoms with E-state index in [1.165, 1.54) is 4.90 Å². The van der Waals surface area contributed by atoms with Crippen molar-refractivity contribution in [3.8, 4) is 0 Å². The molecule has 0 unspecified atom stereocenters. The molecule has 0 aromatic heterocycles. The van der Waals surface area contributed by atoms with Gasteiger partial charge >= 0.3 is 12.0 Å². The number of rotatable bonds is 7. The number of urea groups is 1. The van der Waals surface area contributed by atoms with Crippen LogP contribution in [0.1, 0.15) is 26.7 Å². The van der Waals surface area contributed by atoms with Crippen molar-refractivity contribution in [3.63, 3.8) is 0 Å². The van der Waals surface area contributed by atoms with Crippen LogP contribution in [0.3, 0.4) is 0 Å². The fourth-order valence-electron chi connectivity index (χ4n) is 1.83. The van der Waals surface area contributed by atoms with Crippen LogP contribution in [0.15, 0.2) is 18.2 Å². The van der Waals surface area contributed by atoms with Crippen molar-refractivity contribution < 1.29 is 23.1 Å². The van der Waals surface area contributed by atoms with Crippen LogP contribution in [-0.4, -0.2) is 36.6 Å². The van der Waals surface area contributed by atoms with Crippen molar-refractivity contribution >= 4 is 17.7 Å². The monoisotopic (exact) mass is 314 g/mol. The molecule has 1 rings (SSSR count). The summed E-state index contributed by atoms with van der Waals surface area (Å²) >= 11 is 0. The molecule has 2 amide bonds. The van der Waals surface area contributed by atoms with Gasteiger partial charge in [0, 0.05) is 19.2 Å². The molecule has 0 fully saturated rings. The molecule has 1 aromatic carbocycles. The van der Waals surface area contributed by atoms with Crippen LogP contribution in [-0.2, 0) is 9.53 Å². The van der Waals surface area contributed by atoms with Gasteiger partial charge in [-0.15, -0.1) is 0 Å². The van der Waals surface area contributed by atoms with E-state index in [9.17, 15) is 18.4 Å². The Morgan fingerprint density at radius 2 is 1.95 bits per heavy atom. The number of carbonyl (C=O) groups excluding carboxylic acids is 2. The molecular formula is C15H20F2N2O3. The lowest BCUT2D eigenvalue weighted by molar-refractivity contribution is -0.143. The Morgan fingerprint density at radius 1 is 1.23 bits per heavy atom. The third-order valence-electron chi connectivity index (χ3n) is 2.84. The first-order valence-electron chi connectivity index (χ1n) is 7.14. The number of hydrogen-bond donors (Lipinski definition) is 1. The van der Waals surface area contributed by atoms with Gasteiger partial charge in [0.25, 0.3) is 0 Å². The number of carbonyl (C=O) groups is 2. The summed E-state index contributed by atoms with van der Waals surface area (Å²) in [6, 6.07) is 2.36. The summed E-state index contributed by atoms with van der Waals surface area (Å²) < 4.78 is 31.2. The number of esters is 1. The van der Waals surface area contributed by atoms with Gasteiger partial charge in [-0.25, -0.2) is 13.6 Å². The van der Waals surface area contributed by atoms with Crippen molar-refractivity contribution in [1.82, 2.24) is 4.90 Å². The molecule has 0 saturated carbocycles. The molecule has 1 aromatic rings. The van der Waals surface area contributed by atoms with Gasteiger partial charge in [0.1, 0.15) is 11.6 Å². The second-order valence-electron chi connectivity index (χ2n) is 4.60. The van der Waals surface area contributed by atoms with E-state index in [1.807, 2.05) is 6.92 Å². The van der Waals surface area contributed by atoms with Crippen LogP contribution in [0.25, 0.3) is 0 Å². The highest BCUT2D eigenvalue weighted by Gasteiger charge is 2.16. The summed E-state index contributed by atoms with van der Waals surface area (Å²) in [6.07, 6.45) is 0.745. The molecule has 7 heteroatoms. The second-order valence-corrected chi connectivity index (χ2v) is 4.60. The molecule has 0 aliphatic carbocycles. The number of anilines is 1. The predicted molar refractivity (Wildman–Crippen MR) is 78.5 cm³/mol. The number of nitrogens with one attached hydrogen (secondary N) is 1. The molecule has 0 aliphatic rings. The number of halogens is 2. The van der Waals surface area contributed by atoms with Gasteiger partial charge in [-0.05, 0) is 25.5 Å². The smallest absolute Gasteiger partial charge is 0.321 e. The number of nitrogens with zero attached hydrogens (tertiary/aromatic N) is 1. The summed E-state index contributed by atoms with van der Waals surface area (Å²) in [5.74, 6) is -1.97. The van der Waals surface area contributed by atoms with Crippen molar-refractivity contribution in [2.75, 3.05) is 25.0 Å². The summed E-state index contributed by atoms with van der Waals surface area (Å²) in [5, 5.41) is 2.37. The van der Waals surface area contributed by atoms with E-state index in [-0.39, 0.29) is 25.3 Å². The summed E-state index contributed by atoms with van der Waals surface area (Å²) in [5.41, 5.74) is -0.108. The van der Waals surface area contributed by atoms with E-state index in [0.717, 1.165) is 12.1 Å². The normalized spacial score (nSPS) is 10.2. The van der Waals surface area contributed by atoms with Crippen molar-refractivity contribution in [3.05, 3.63) is 29.8 Å². The molecule has 0 atom stereocenters. The zero-order chi connectivity index (χ0) is 16.5. The molecule has 0 spiro atoms. The van der Waals surface area contributed by atoms with Crippen molar-refractivity contribution in [1.29, 1.82) is 0 Å². The van der Waals surface area contributed by atoms with E-state index in [4.69, 9.17) is 4.74 Å². The fraction of sp³-hybridized carbons (Fsp3) is 0.467. The summed E-state index contributed by atoms with van der Waals surface area (Å²) in [4.78, 5) is 24.8. The maximum Gasteiger partial charge on any atom is 0.321 e. The van der Waals surface area contributed by atoms with E-state index < -0.39 is 23.6 Å². The number of amides is 2. The second kappa shape index (κ2) is 8.96. The third kappa shape index (κ3) is 5.67. The van der Waals surface area contributed by atoms with E-state index in [0.29, 0.717) is 19.0 Å². The standard InChI is InChI=1S/C15H20F2N2O3/c1-3-8-19(9-7-14(20)22-4-2)15(21)18-13-6-5-11(16)10-12(13)17/h5-6,10H,3-4,7-9H2,1-2H3,(H,18,21).